The molecule has 0 aromatic carbocycles. The molecule has 0 aliphatic rings. The van der Waals surface area contributed by atoms with E-state index in [0.717, 1.165) is 5.69 Å². The molecule has 1 heterocycles. The van der Waals surface area contributed by atoms with Crippen LogP contribution in [0.15, 0.2) is 5.38 Å². The second-order valence-corrected chi connectivity index (χ2v) is 2.67. The third kappa shape index (κ3) is 1.68. The van der Waals surface area contributed by atoms with Crippen LogP contribution in [0.1, 0.15) is 5.69 Å². The second-order valence-electron chi connectivity index (χ2n) is 1.54. The van der Waals surface area contributed by atoms with Crippen LogP contribution < -0.4 is 5.32 Å². The molecular formula is C5H5ClN2OS. The van der Waals surface area contributed by atoms with Crippen molar-refractivity contribution >= 4 is 34.5 Å². The fourth-order valence-electron chi connectivity index (χ4n) is 0.485. The van der Waals surface area contributed by atoms with E-state index < -0.39 is 0 Å². The summed E-state index contributed by atoms with van der Waals surface area (Å²) in [5.41, 5.74) is 0.788. The number of rotatable bonds is 3. The summed E-state index contributed by atoms with van der Waals surface area (Å²) in [7, 11) is 0. The van der Waals surface area contributed by atoms with Gasteiger partial charge in [0.1, 0.15) is 0 Å². The third-order valence-electron chi connectivity index (χ3n) is 0.871. The van der Waals surface area contributed by atoms with Crippen molar-refractivity contribution < 1.29 is 4.79 Å². The molecule has 0 aliphatic heterocycles. The van der Waals surface area contributed by atoms with Gasteiger partial charge in [0.2, 0.25) is 6.41 Å². The van der Waals surface area contributed by atoms with E-state index >= 15 is 0 Å². The van der Waals surface area contributed by atoms with Crippen LogP contribution in [-0.2, 0) is 10.7 Å². The van der Waals surface area contributed by atoms with Crippen molar-refractivity contribution in [3.05, 3.63) is 11.1 Å². The molecule has 0 radical (unpaired) electrons. The average molecular weight is 177 g/mol. The summed E-state index contributed by atoms with van der Waals surface area (Å²) in [5.74, 6) is 0.386. The van der Waals surface area contributed by atoms with Crippen LogP contribution in [0, 0.1) is 0 Å². The maximum absolute atomic E-state index is 9.89. The highest BCUT2D eigenvalue weighted by molar-refractivity contribution is 7.13. The maximum atomic E-state index is 9.89. The Morgan fingerprint density at radius 1 is 1.90 bits per heavy atom. The van der Waals surface area contributed by atoms with Gasteiger partial charge in [-0.1, -0.05) is 0 Å². The minimum Gasteiger partial charge on any atom is -0.305 e. The molecule has 0 bridgehead atoms. The molecule has 1 aromatic heterocycles. The zero-order valence-electron chi connectivity index (χ0n) is 5.00. The van der Waals surface area contributed by atoms with E-state index in [4.69, 9.17) is 11.6 Å². The predicted octanol–water partition coefficient (Wildman–Crippen LogP) is 1.45. The molecular weight excluding hydrogens is 172 g/mol. The van der Waals surface area contributed by atoms with E-state index in [1.807, 2.05) is 0 Å². The molecule has 1 aromatic rings. The largest absolute Gasteiger partial charge is 0.305 e. The number of hydrogen-bond donors (Lipinski definition) is 1. The van der Waals surface area contributed by atoms with E-state index in [0.29, 0.717) is 17.4 Å². The topological polar surface area (TPSA) is 42.0 Å². The first kappa shape index (κ1) is 7.50. The van der Waals surface area contributed by atoms with Gasteiger partial charge < -0.3 is 5.32 Å². The molecule has 0 unspecified atom stereocenters. The van der Waals surface area contributed by atoms with Crippen LogP contribution in [0.4, 0.5) is 5.13 Å². The minimum atomic E-state index is 0.386. The van der Waals surface area contributed by atoms with E-state index in [9.17, 15) is 4.79 Å². The van der Waals surface area contributed by atoms with Crippen LogP contribution in [0.2, 0.25) is 0 Å². The fourth-order valence-corrected chi connectivity index (χ4v) is 1.38. The first-order valence-electron chi connectivity index (χ1n) is 2.57. The molecule has 54 valence electrons. The van der Waals surface area contributed by atoms with Gasteiger partial charge >= 0.3 is 0 Å². The maximum Gasteiger partial charge on any atom is 0.213 e. The fraction of sp³-hybridized carbons (Fsp3) is 0.200. The number of halogens is 1. The molecule has 1 amide bonds. The molecule has 10 heavy (non-hydrogen) atoms. The number of anilines is 1. The SMILES string of the molecule is O=CNc1nc(CCl)cs1. The molecule has 0 atom stereocenters. The first-order valence-corrected chi connectivity index (χ1v) is 3.99. The van der Waals surface area contributed by atoms with Crippen LogP contribution in [0.5, 0.6) is 0 Å². The lowest BCUT2D eigenvalue weighted by atomic mass is 10.6. The van der Waals surface area contributed by atoms with Crippen molar-refractivity contribution in [2.45, 2.75) is 5.88 Å². The van der Waals surface area contributed by atoms with Gasteiger partial charge in [-0.05, 0) is 0 Å². The minimum absolute atomic E-state index is 0.386. The Hall–Kier alpha value is -0.610. The number of carbonyl (C=O) groups excluding carboxylic acids is 1. The van der Waals surface area contributed by atoms with Crippen LogP contribution >= 0.6 is 22.9 Å². The third-order valence-corrected chi connectivity index (χ3v) is 1.97. The molecule has 0 fully saturated rings. The Morgan fingerprint density at radius 2 is 2.70 bits per heavy atom. The molecule has 0 aliphatic carbocycles. The highest BCUT2D eigenvalue weighted by atomic mass is 35.5. The number of nitrogens with zero attached hydrogens (tertiary/aromatic N) is 1. The molecule has 5 heteroatoms. The van der Waals surface area contributed by atoms with Gasteiger partial charge in [0.05, 0.1) is 11.6 Å². The normalized spacial score (nSPS) is 9.30. The van der Waals surface area contributed by atoms with Gasteiger partial charge in [0.25, 0.3) is 0 Å². The summed E-state index contributed by atoms with van der Waals surface area (Å²) in [4.78, 5) is 13.9. The van der Waals surface area contributed by atoms with Gasteiger partial charge in [0.15, 0.2) is 5.13 Å². The highest BCUT2D eigenvalue weighted by Gasteiger charge is 1.97. The van der Waals surface area contributed by atoms with E-state index in [1.165, 1.54) is 11.3 Å². The van der Waals surface area contributed by atoms with Crippen molar-refractivity contribution in [2.75, 3.05) is 5.32 Å². The summed E-state index contributed by atoms with van der Waals surface area (Å²) in [5, 5.41) is 4.82. The van der Waals surface area contributed by atoms with Gasteiger partial charge in [-0.2, -0.15) is 0 Å². The lowest BCUT2D eigenvalue weighted by Gasteiger charge is -1.85. The van der Waals surface area contributed by atoms with Crippen molar-refractivity contribution in [3.8, 4) is 0 Å². The average Bonchev–Trinajstić information content (AvgIpc) is 2.37. The lowest BCUT2D eigenvalue weighted by molar-refractivity contribution is -0.105. The summed E-state index contributed by atoms with van der Waals surface area (Å²) in [6.45, 7) is 0. The second kappa shape index (κ2) is 3.53. The Bertz CT molecular complexity index is 225. The Morgan fingerprint density at radius 3 is 3.20 bits per heavy atom. The molecule has 0 spiro atoms. The van der Waals surface area contributed by atoms with Crippen LogP contribution in [0.25, 0.3) is 0 Å². The van der Waals surface area contributed by atoms with E-state index in [2.05, 4.69) is 10.3 Å². The predicted molar refractivity (Wildman–Crippen MR) is 41.4 cm³/mol. The van der Waals surface area contributed by atoms with E-state index in [1.54, 1.807) is 5.38 Å². The van der Waals surface area contributed by atoms with Crippen LogP contribution in [-0.4, -0.2) is 11.4 Å². The number of amides is 1. The number of aromatic nitrogens is 1. The van der Waals surface area contributed by atoms with Crippen molar-refractivity contribution in [1.29, 1.82) is 0 Å². The number of thiazole rings is 1. The quantitative estimate of drug-likeness (QED) is 0.560. The monoisotopic (exact) mass is 176 g/mol. The Balaban J connectivity index is 2.67. The summed E-state index contributed by atoms with van der Waals surface area (Å²) in [6.07, 6.45) is 0.594. The Kier molecular flexibility index (Phi) is 2.65. The molecule has 0 saturated heterocycles. The highest BCUT2D eigenvalue weighted by Crippen LogP contribution is 2.15. The van der Waals surface area contributed by atoms with Gasteiger partial charge in [-0.3, -0.25) is 4.79 Å². The summed E-state index contributed by atoms with van der Waals surface area (Å²) < 4.78 is 0. The summed E-state index contributed by atoms with van der Waals surface area (Å²) in [6, 6.07) is 0. The van der Waals surface area contributed by atoms with Crippen molar-refractivity contribution in [3.63, 3.8) is 0 Å². The zero-order valence-corrected chi connectivity index (χ0v) is 6.58. The van der Waals surface area contributed by atoms with E-state index in [-0.39, 0.29) is 0 Å². The molecule has 3 nitrogen and oxygen atoms in total. The molecule has 1 rings (SSSR count). The molecule has 0 saturated carbocycles. The van der Waals surface area contributed by atoms with Crippen LogP contribution in [0.3, 0.4) is 0 Å². The van der Waals surface area contributed by atoms with Gasteiger partial charge in [-0.15, -0.1) is 22.9 Å². The number of alkyl halides is 1. The number of hydrogen-bond acceptors (Lipinski definition) is 3. The standard InChI is InChI=1S/C5H5ClN2OS/c6-1-4-2-10-5(8-4)7-3-9/h2-3H,1H2,(H,7,8,9). The number of carbonyl (C=O) groups is 1. The smallest absolute Gasteiger partial charge is 0.213 e. The van der Waals surface area contributed by atoms with Crippen molar-refractivity contribution in [1.82, 2.24) is 4.98 Å². The van der Waals surface area contributed by atoms with Crippen molar-refractivity contribution in [2.24, 2.45) is 0 Å². The number of nitrogens with one attached hydrogen (secondary N) is 1. The molecule has 1 N–H and O–H groups in total. The summed E-state index contributed by atoms with van der Waals surface area (Å²) >= 11 is 6.83. The first-order chi connectivity index (χ1) is 4.86. The van der Waals surface area contributed by atoms with Gasteiger partial charge in [0, 0.05) is 5.38 Å². The van der Waals surface area contributed by atoms with Gasteiger partial charge in [-0.25, -0.2) is 4.98 Å². The lowest BCUT2D eigenvalue weighted by Crippen LogP contribution is -1.92. The zero-order chi connectivity index (χ0) is 7.40. The Labute approximate surface area is 67.0 Å².